The van der Waals surface area contributed by atoms with Crippen molar-refractivity contribution >= 4 is 18.4 Å². The fourth-order valence-electron chi connectivity index (χ4n) is 4.84. The molecule has 3 atom stereocenters. The first-order valence-electron chi connectivity index (χ1n) is 8.42. The van der Waals surface area contributed by atoms with Crippen LogP contribution in [0.25, 0.3) is 0 Å². The molecule has 124 valence electrons. The van der Waals surface area contributed by atoms with Gasteiger partial charge in [0.05, 0.1) is 6.42 Å². The molecule has 3 nitrogen and oxygen atoms in total. The Bertz CT molecular complexity index is 319. The molecule has 0 saturated heterocycles. The summed E-state index contributed by atoms with van der Waals surface area (Å²) >= 11 is 0. The van der Waals surface area contributed by atoms with Crippen LogP contribution >= 0.6 is 12.4 Å². The van der Waals surface area contributed by atoms with E-state index in [1.807, 2.05) is 0 Å². The van der Waals surface area contributed by atoms with Crippen molar-refractivity contribution < 1.29 is 9.90 Å². The summed E-state index contributed by atoms with van der Waals surface area (Å²) < 4.78 is 0. The van der Waals surface area contributed by atoms with Crippen LogP contribution in [0.4, 0.5) is 0 Å². The molecule has 0 amide bonds. The predicted octanol–water partition coefficient (Wildman–Crippen LogP) is 4.11. The second-order valence-electron chi connectivity index (χ2n) is 7.71. The highest BCUT2D eigenvalue weighted by molar-refractivity contribution is 5.85. The highest BCUT2D eigenvalue weighted by Gasteiger charge is 2.39. The molecule has 2 aliphatic carbocycles. The van der Waals surface area contributed by atoms with Gasteiger partial charge in [0, 0.05) is 6.54 Å². The van der Waals surface area contributed by atoms with Gasteiger partial charge in [-0.15, -0.1) is 12.4 Å². The van der Waals surface area contributed by atoms with Crippen molar-refractivity contribution in [3.05, 3.63) is 0 Å². The average Bonchev–Trinajstić information content (AvgIpc) is 2.79. The van der Waals surface area contributed by atoms with E-state index in [4.69, 9.17) is 0 Å². The zero-order valence-corrected chi connectivity index (χ0v) is 14.4. The summed E-state index contributed by atoms with van der Waals surface area (Å²) in [5.41, 5.74) is -0.0124. The molecule has 4 heteroatoms. The van der Waals surface area contributed by atoms with Crippen molar-refractivity contribution in [2.75, 3.05) is 13.1 Å². The van der Waals surface area contributed by atoms with Gasteiger partial charge in [-0.3, -0.25) is 4.79 Å². The van der Waals surface area contributed by atoms with Gasteiger partial charge in [-0.2, -0.15) is 0 Å². The van der Waals surface area contributed by atoms with Gasteiger partial charge in [-0.05, 0) is 61.8 Å². The van der Waals surface area contributed by atoms with Gasteiger partial charge in [0.2, 0.25) is 0 Å². The van der Waals surface area contributed by atoms with E-state index >= 15 is 0 Å². The molecule has 0 aromatic heterocycles. The van der Waals surface area contributed by atoms with E-state index in [2.05, 4.69) is 19.2 Å². The first-order valence-corrected chi connectivity index (χ1v) is 8.42. The topological polar surface area (TPSA) is 49.3 Å². The van der Waals surface area contributed by atoms with Crippen LogP contribution in [0.3, 0.4) is 0 Å². The standard InChI is InChI=1S/C17H31NO2.ClH/c1-13-7-14(2)9-17(8-13,10-16(19)20)12-18-11-15-5-3-4-6-15;/h13-15,18H,3-12H2,1-2H3,(H,19,20);1H/t13-,14+,17?;. The van der Waals surface area contributed by atoms with E-state index in [9.17, 15) is 9.90 Å². The van der Waals surface area contributed by atoms with Crippen molar-refractivity contribution in [2.45, 2.75) is 65.2 Å². The summed E-state index contributed by atoms with van der Waals surface area (Å²) in [6, 6.07) is 0. The smallest absolute Gasteiger partial charge is 0.303 e. The summed E-state index contributed by atoms with van der Waals surface area (Å²) in [5, 5.41) is 12.9. The second-order valence-corrected chi connectivity index (χ2v) is 7.71. The monoisotopic (exact) mass is 317 g/mol. The van der Waals surface area contributed by atoms with Gasteiger partial charge in [-0.1, -0.05) is 26.7 Å². The molecule has 0 heterocycles. The molecule has 0 radical (unpaired) electrons. The minimum absolute atomic E-state index is 0. The van der Waals surface area contributed by atoms with Crippen molar-refractivity contribution in [3.8, 4) is 0 Å². The number of carboxylic acid groups (broad SMARTS) is 1. The Balaban J connectivity index is 0.00000220. The normalized spacial score (nSPS) is 33.6. The molecule has 0 aromatic rings. The Morgan fingerprint density at radius 2 is 1.76 bits per heavy atom. The maximum absolute atomic E-state index is 11.3. The third kappa shape index (κ3) is 5.78. The van der Waals surface area contributed by atoms with E-state index in [0.29, 0.717) is 18.3 Å². The van der Waals surface area contributed by atoms with Crippen molar-refractivity contribution in [3.63, 3.8) is 0 Å². The summed E-state index contributed by atoms with van der Waals surface area (Å²) in [4.78, 5) is 11.3. The van der Waals surface area contributed by atoms with Crippen LogP contribution in [-0.4, -0.2) is 24.2 Å². The summed E-state index contributed by atoms with van der Waals surface area (Å²) in [6.45, 7) is 6.54. The second kappa shape index (κ2) is 8.38. The van der Waals surface area contributed by atoms with Crippen LogP contribution in [0.2, 0.25) is 0 Å². The Labute approximate surface area is 135 Å². The lowest BCUT2D eigenvalue weighted by molar-refractivity contribution is -0.140. The number of hydrogen-bond acceptors (Lipinski definition) is 2. The summed E-state index contributed by atoms with van der Waals surface area (Å²) in [7, 11) is 0. The van der Waals surface area contributed by atoms with Crippen LogP contribution in [0, 0.1) is 23.2 Å². The van der Waals surface area contributed by atoms with Gasteiger partial charge in [0.15, 0.2) is 0 Å². The Kier molecular flexibility index (Phi) is 7.49. The SMILES string of the molecule is C[C@@H]1C[C@H](C)CC(CNCC2CCCC2)(CC(=O)O)C1.Cl. The minimum Gasteiger partial charge on any atom is -0.481 e. The molecule has 2 aliphatic rings. The van der Waals surface area contributed by atoms with Crippen molar-refractivity contribution in [2.24, 2.45) is 23.2 Å². The molecular formula is C17H32ClNO2. The van der Waals surface area contributed by atoms with Crippen molar-refractivity contribution in [1.82, 2.24) is 5.32 Å². The summed E-state index contributed by atoms with van der Waals surface area (Å²) in [6.07, 6.45) is 9.19. The molecule has 0 aromatic carbocycles. The Hall–Kier alpha value is -0.280. The van der Waals surface area contributed by atoms with Gasteiger partial charge in [0.1, 0.15) is 0 Å². The van der Waals surface area contributed by atoms with Gasteiger partial charge in [-0.25, -0.2) is 0 Å². The third-order valence-electron chi connectivity index (χ3n) is 5.30. The van der Waals surface area contributed by atoms with Crippen LogP contribution in [0.1, 0.15) is 65.2 Å². The number of aliphatic carboxylic acids is 1. The molecule has 2 fully saturated rings. The predicted molar refractivity (Wildman–Crippen MR) is 88.9 cm³/mol. The van der Waals surface area contributed by atoms with Gasteiger partial charge >= 0.3 is 5.97 Å². The first kappa shape index (κ1) is 18.8. The number of hydrogen-bond donors (Lipinski definition) is 2. The third-order valence-corrected chi connectivity index (χ3v) is 5.30. The number of halogens is 1. The molecule has 0 spiro atoms. The largest absolute Gasteiger partial charge is 0.481 e. The average molecular weight is 318 g/mol. The zero-order chi connectivity index (χ0) is 14.6. The lowest BCUT2D eigenvalue weighted by Gasteiger charge is -2.42. The number of carbonyl (C=O) groups is 1. The number of rotatable bonds is 6. The first-order chi connectivity index (χ1) is 9.49. The van der Waals surface area contributed by atoms with E-state index in [0.717, 1.165) is 31.8 Å². The molecular weight excluding hydrogens is 286 g/mol. The van der Waals surface area contributed by atoms with Crippen molar-refractivity contribution in [1.29, 1.82) is 0 Å². The van der Waals surface area contributed by atoms with E-state index in [1.54, 1.807) is 0 Å². The molecule has 21 heavy (non-hydrogen) atoms. The Morgan fingerprint density at radius 1 is 1.19 bits per heavy atom. The fourth-order valence-corrected chi connectivity index (χ4v) is 4.84. The van der Waals surface area contributed by atoms with E-state index in [-0.39, 0.29) is 17.8 Å². The highest BCUT2D eigenvalue weighted by Crippen LogP contribution is 2.44. The van der Waals surface area contributed by atoms with E-state index < -0.39 is 5.97 Å². The minimum atomic E-state index is -0.631. The van der Waals surface area contributed by atoms with Crippen LogP contribution < -0.4 is 5.32 Å². The molecule has 1 unspecified atom stereocenters. The number of carboxylic acids is 1. The molecule has 2 N–H and O–H groups in total. The molecule has 0 aliphatic heterocycles. The van der Waals surface area contributed by atoms with Crippen LogP contribution in [0.15, 0.2) is 0 Å². The van der Waals surface area contributed by atoms with E-state index in [1.165, 1.54) is 32.1 Å². The van der Waals surface area contributed by atoms with Crippen LogP contribution in [0.5, 0.6) is 0 Å². The fraction of sp³-hybridized carbons (Fsp3) is 0.941. The van der Waals surface area contributed by atoms with Gasteiger partial charge in [0.25, 0.3) is 0 Å². The maximum Gasteiger partial charge on any atom is 0.303 e. The lowest BCUT2D eigenvalue weighted by atomic mass is 9.64. The van der Waals surface area contributed by atoms with Crippen LogP contribution in [-0.2, 0) is 4.79 Å². The quantitative estimate of drug-likeness (QED) is 0.775. The van der Waals surface area contributed by atoms with Gasteiger partial charge < -0.3 is 10.4 Å². The molecule has 0 bridgehead atoms. The molecule has 2 saturated carbocycles. The maximum atomic E-state index is 11.3. The number of nitrogens with one attached hydrogen (secondary N) is 1. The highest BCUT2D eigenvalue weighted by atomic mass is 35.5. The summed E-state index contributed by atoms with van der Waals surface area (Å²) in [5.74, 6) is 1.52. The lowest BCUT2D eigenvalue weighted by Crippen LogP contribution is -2.42. The Morgan fingerprint density at radius 3 is 2.29 bits per heavy atom. The molecule has 2 rings (SSSR count). The zero-order valence-electron chi connectivity index (χ0n) is 13.6.